The Morgan fingerprint density at radius 3 is 2.69 bits per heavy atom. The number of piperidine rings is 1. The normalized spacial score (nSPS) is 23.6. The molecule has 1 heterocycles. The van der Waals surface area contributed by atoms with Crippen LogP contribution in [0.5, 0.6) is 0 Å². The minimum Gasteiger partial charge on any atom is -0.383 e. The molecular weight excluding hydrogens is 200 g/mol. The maximum atomic E-state index is 5.30. The minimum atomic E-state index is 0.582. The van der Waals surface area contributed by atoms with E-state index in [1.807, 2.05) is 0 Å². The Bertz CT molecular complexity index is 169. The average molecular weight is 228 g/mol. The largest absolute Gasteiger partial charge is 0.383 e. The van der Waals surface area contributed by atoms with E-state index >= 15 is 0 Å². The number of nitrogens with one attached hydrogen (secondary N) is 1. The van der Waals surface area contributed by atoms with Crippen molar-refractivity contribution in [3.05, 3.63) is 0 Å². The smallest absolute Gasteiger partial charge is 0.0617 e. The third kappa shape index (κ3) is 4.40. The molecule has 3 heteroatoms. The standard InChI is InChI=1S/C13H28N2O/c1-4-13(11-16-3)15(5-2)10-12-8-6-7-9-14-12/h12-14H,4-11H2,1-3H3. The summed E-state index contributed by atoms with van der Waals surface area (Å²) in [6, 6.07) is 1.28. The summed E-state index contributed by atoms with van der Waals surface area (Å²) in [4.78, 5) is 2.56. The Kier molecular flexibility index (Phi) is 7.01. The Morgan fingerprint density at radius 2 is 2.19 bits per heavy atom. The van der Waals surface area contributed by atoms with E-state index in [1.54, 1.807) is 7.11 Å². The van der Waals surface area contributed by atoms with Crippen molar-refractivity contribution in [2.24, 2.45) is 0 Å². The molecule has 0 amide bonds. The molecule has 2 unspecified atom stereocenters. The van der Waals surface area contributed by atoms with Gasteiger partial charge in [-0.15, -0.1) is 0 Å². The van der Waals surface area contributed by atoms with Gasteiger partial charge in [0.25, 0.3) is 0 Å². The maximum Gasteiger partial charge on any atom is 0.0617 e. The number of ether oxygens (including phenoxy) is 1. The zero-order chi connectivity index (χ0) is 11.8. The Hall–Kier alpha value is -0.120. The highest BCUT2D eigenvalue weighted by atomic mass is 16.5. The lowest BCUT2D eigenvalue weighted by atomic mass is 10.0. The van der Waals surface area contributed by atoms with Gasteiger partial charge in [0.1, 0.15) is 0 Å². The highest BCUT2D eigenvalue weighted by Gasteiger charge is 2.20. The highest BCUT2D eigenvalue weighted by molar-refractivity contribution is 4.79. The van der Waals surface area contributed by atoms with E-state index < -0.39 is 0 Å². The van der Waals surface area contributed by atoms with Gasteiger partial charge in [-0.25, -0.2) is 0 Å². The molecule has 1 saturated heterocycles. The highest BCUT2D eigenvalue weighted by Crippen LogP contribution is 2.12. The van der Waals surface area contributed by atoms with Crippen LogP contribution in [0.25, 0.3) is 0 Å². The maximum absolute atomic E-state index is 5.30. The van der Waals surface area contributed by atoms with E-state index in [-0.39, 0.29) is 0 Å². The van der Waals surface area contributed by atoms with Gasteiger partial charge in [0.05, 0.1) is 6.61 Å². The topological polar surface area (TPSA) is 24.5 Å². The van der Waals surface area contributed by atoms with Crippen molar-refractivity contribution in [2.75, 3.05) is 33.4 Å². The fourth-order valence-electron chi connectivity index (χ4n) is 2.57. The number of nitrogens with zero attached hydrogens (tertiary/aromatic N) is 1. The van der Waals surface area contributed by atoms with Crippen molar-refractivity contribution in [2.45, 2.75) is 51.6 Å². The van der Waals surface area contributed by atoms with E-state index in [0.29, 0.717) is 12.1 Å². The molecule has 0 aromatic rings. The van der Waals surface area contributed by atoms with Gasteiger partial charge in [-0.1, -0.05) is 20.3 Å². The summed E-state index contributed by atoms with van der Waals surface area (Å²) in [6.45, 7) is 8.86. The predicted molar refractivity (Wildman–Crippen MR) is 68.8 cm³/mol. The van der Waals surface area contributed by atoms with Crippen LogP contribution in [0.1, 0.15) is 39.5 Å². The molecule has 0 aliphatic carbocycles. The lowest BCUT2D eigenvalue weighted by Crippen LogP contribution is -2.48. The summed E-state index contributed by atoms with van der Waals surface area (Å²) in [5.74, 6) is 0. The first-order valence-electron chi connectivity index (χ1n) is 6.78. The van der Waals surface area contributed by atoms with Crippen molar-refractivity contribution in [1.29, 1.82) is 0 Å². The molecule has 0 aromatic heterocycles. The van der Waals surface area contributed by atoms with E-state index in [1.165, 1.54) is 38.8 Å². The summed E-state index contributed by atoms with van der Waals surface area (Å²) in [5, 5.41) is 3.62. The van der Waals surface area contributed by atoms with Crippen molar-refractivity contribution < 1.29 is 4.74 Å². The first-order chi connectivity index (χ1) is 7.81. The van der Waals surface area contributed by atoms with Gasteiger partial charge in [0.15, 0.2) is 0 Å². The Balaban J connectivity index is 2.38. The molecule has 0 spiro atoms. The number of rotatable bonds is 7. The van der Waals surface area contributed by atoms with Gasteiger partial charge < -0.3 is 10.1 Å². The van der Waals surface area contributed by atoms with E-state index in [2.05, 4.69) is 24.1 Å². The van der Waals surface area contributed by atoms with Crippen LogP contribution < -0.4 is 5.32 Å². The number of methoxy groups -OCH3 is 1. The molecule has 3 nitrogen and oxygen atoms in total. The van der Waals surface area contributed by atoms with E-state index in [4.69, 9.17) is 4.74 Å². The lowest BCUT2D eigenvalue weighted by Gasteiger charge is -2.34. The van der Waals surface area contributed by atoms with Crippen LogP contribution >= 0.6 is 0 Å². The van der Waals surface area contributed by atoms with Gasteiger partial charge in [-0.2, -0.15) is 0 Å². The molecule has 0 bridgehead atoms. The molecule has 0 saturated carbocycles. The third-order valence-corrected chi connectivity index (χ3v) is 3.62. The van der Waals surface area contributed by atoms with Gasteiger partial charge in [0, 0.05) is 25.7 Å². The summed E-state index contributed by atoms with van der Waals surface area (Å²) in [7, 11) is 1.80. The summed E-state index contributed by atoms with van der Waals surface area (Å²) < 4.78 is 5.30. The quantitative estimate of drug-likeness (QED) is 0.720. The number of hydrogen-bond donors (Lipinski definition) is 1. The molecule has 0 aromatic carbocycles. The van der Waals surface area contributed by atoms with Crippen LogP contribution in [-0.4, -0.2) is 50.3 Å². The molecule has 1 fully saturated rings. The second kappa shape index (κ2) is 8.04. The molecule has 0 radical (unpaired) electrons. The molecule has 1 N–H and O–H groups in total. The second-order valence-electron chi connectivity index (χ2n) is 4.75. The third-order valence-electron chi connectivity index (χ3n) is 3.62. The minimum absolute atomic E-state index is 0.582. The van der Waals surface area contributed by atoms with E-state index in [9.17, 15) is 0 Å². The first kappa shape index (κ1) is 13.9. The lowest BCUT2D eigenvalue weighted by molar-refractivity contribution is 0.0815. The van der Waals surface area contributed by atoms with E-state index in [0.717, 1.165) is 13.2 Å². The van der Waals surface area contributed by atoms with Gasteiger partial charge >= 0.3 is 0 Å². The first-order valence-corrected chi connectivity index (χ1v) is 6.78. The van der Waals surface area contributed by atoms with Gasteiger partial charge in [-0.05, 0) is 32.4 Å². The molecule has 16 heavy (non-hydrogen) atoms. The zero-order valence-electron chi connectivity index (χ0n) is 11.2. The van der Waals surface area contributed by atoms with Crippen LogP contribution in [0.4, 0.5) is 0 Å². The molecule has 2 atom stereocenters. The van der Waals surface area contributed by atoms with Crippen LogP contribution in [0, 0.1) is 0 Å². The zero-order valence-corrected chi connectivity index (χ0v) is 11.2. The fourth-order valence-corrected chi connectivity index (χ4v) is 2.57. The fraction of sp³-hybridized carbons (Fsp3) is 1.00. The van der Waals surface area contributed by atoms with Crippen molar-refractivity contribution in [1.82, 2.24) is 10.2 Å². The molecule has 1 aliphatic rings. The van der Waals surface area contributed by atoms with Crippen LogP contribution in [-0.2, 0) is 4.74 Å². The van der Waals surface area contributed by atoms with Crippen molar-refractivity contribution in [3.8, 4) is 0 Å². The predicted octanol–water partition coefficient (Wildman–Crippen LogP) is 1.88. The monoisotopic (exact) mass is 228 g/mol. The van der Waals surface area contributed by atoms with Crippen LogP contribution in [0.15, 0.2) is 0 Å². The number of likely N-dealkylation sites (N-methyl/N-ethyl adjacent to an activating group) is 1. The van der Waals surface area contributed by atoms with Gasteiger partial charge in [0.2, 0.25) is 0 Å². The number of hydrogen-bond acceptors (Lipinski definition) is 3. The Labute approximate surface area is 101 Å². The van der Waals surface area contributed by atoms with Crippen molar-refractivity contribution in [3.63, 3.8) is 0 Å². The summed E-state index contributed by atoms with van der Waals surface area (Å²) >= 11 is 0. The molecular formula is C13H28N2O. The van der Waals surface area contributed by atoms with Crippen molar-refractivity contribution >= 4 is 0 Å². The Morgan fingerprint density at radius 1 is 1.38 bits per heavy atom. The van der Waals surface area contributed by atoms with Gasteiger partial charge in [-0.3, -0.25) is 4.90 Å². The summed E-state index contributed by atoms with van der Waals surface area (Å²) in [5.41, 5.74) is 0. The summed E-state index contributed by atoms with van der Waals surface area (Å²) in [6.07, 6.45) is 5.24. The molecule has 1 aliphatic heterocycles. The molecule has 96 valence electrons. The SMILES string of the molecule is CCC(COC)N(CC)CC1CCCCN1. The second-order valence-corrected chi connectivity index (χ2v) is 4.75. The van der Waals surface area contributed by atoms with Crippen LogP contribution in [0.3, 0.4) is 0 Å². The van der Waals surface area contributed by atoms with Crippen LogP contribution in [0.2, 0.25) is 0 Å². The average Bonchev–Trinajstić information content (AvgIpc) is 2.35. The molecule has 1 rings (SSSR count).